The standard InChI is InChI=1S/C15H13N3OS/c1-11-17-13-7-3-2-6-12(13)15(19)18(11)10-20-14-8-4-5-9-16-14/h2-9H,10H2,1H3. The van der Waals surface area contributed by atoms with Crippen LogP contribution in [0.4, 0.5) is 0 Å². The highest BCUT2D eigenvalue weighted by Crippen LogP contribution is 2.17. The van der Waals surface area contributed by atoms with E-state index in [1.807, 2.05) is 49.4 Å². The fraction of sp³-hybridized carbons (Fsp3) is 0.133. The Morgan fingerprint density at radius 2 is 1.95 bits per heavy atom. The van der Waals surface area contributed by atoms with Gasteiger partial charge in [0.15, 0.2) is 0 Å². The van der Waals surface area contributed by atoms with Gasteiger partial charge in [0.25, 0.3) is 5.56 Å². The van der Waals surface area contributed by atoms with Gasteiger partial charge < -0.3 is 0 Å². The SMILES string of the molecule is Cc1nc2ccccc2c(=O)n1CSc1ccccn1. The molecule has 0 saturated carbocycles. The minimum absolute atomic E-state index is 0.00321. The Kier molecular flexibility index (Phi) is 3.52. The van der Waals surface area contributed by atoms with Crippen molar-refractivity contribution in [3.05, 3.63) is 64.8 Å². The number of para-hydroxylation sites is 1. The van der Waals surface area contributed by atoms with Crippen molar-refractivity contribution in [1.82, 2.24) is 14.5 Å². The van der Waals surface area contributed by atoms with E-state index in [0.29, 0.717) is 11.3 Å². The van der Waals surface area contributed by atoms with Crippen molar-refractivity contribution in [2.45, 2.75) is 17.8 Å². The second-order valence-corrected chi connectivity index (χ2v) is 5.32. The molecule has 0 radical (unpaired) electrons. The Labute approximate surface area is 120 Å². The van der Waals surface area contributed by atoms with Crippen molar-refractivity contribution in [2.75, 3.05) is 0 Å². The van der Waals surface area contributed by atoms with Crippen LogP contribution in [0, 0.1) is 6.92 Å². The molecule has 0 atom stereocenters. The predicted molar refractivity (Wildman–Crippen MR) is 80.8 cm³/mol. The smallest absolute Gasteiger partial charge is 0.262 e. The van der Waals surface area contributed by atoms with Gasteiger partial charge >= 0.3 is 0 Å². The third kappa shape index (κ3) is 2.44. The van der Waals surface area contributed by atoms with Crippen LogP contribution in [0.1, 0.15) is 5.82 Å². The lowest BCUT2D eigenvalue weighted by Crippen LogP contribution is -2.22. The molecule has 1 aromatic carbocycles. The maximum atomic E-state index is 12.5. The average molecular weight is 283 g/mol. The third-order valence-corrected chi connectivity index (χ3v) is 3.96. The van der Waals surface area contributed by atoms with Crippen molar-refractivity contribution in [3.8, 4) is 0 Å². The number of hydrogen-bond donors (Lipinski definition) is 0. The van der Waals surface area contributed by atoms with Crippen LogP contribution >= 0.6 is 11.8 Å². The summed E-state index contributed by atoms with van der Waals surface area (Å²) in [6.07, 6.45) is 1.75. The summed E-state index contributed by atoms with van der Waals surface area (Å²) in [5, 5.41) is 1.55. The van der Waals surface area contributed by atoms with E-state index in [9.17, 15) is 4.79 Å². The molecule has 0 aliphatic heterocycles. The molecule has 5 heteroatoms. The summed E-state index contributed by atoms with van der Waals surface area (Å²) < 4.78 is 1.68. The van der Waals surface area contributed by atoms with Gasteiger partial charge in [-0.05, 0) is 31.2 Å². The van der Waals surface area contributed by atoms with Crippen LogP contribution in [-0.2, 0) is 5.88 Å². The van der Waals surface area contributed by atoms with E-state index in [-0.39, 0.29) is 5.56 Å². The highest BCUT2D eigenvalue weighted by Gasteiger charge is 2.07. The predicted octanol–water partition coefficient (Wildman–Crippen LogP) is 2.85. The molecule has 3 rings (SSSR count). The lowest BCUT2D eigenvalue weighted by Gasteiger charge is -2.09. The largest absolute Gasteiger partial charge is 0.286 e. The van der Waals surface area contributed by atoms with E-state index in [1.54, 1.807) is 10.8 Å². The zero-order chi connectivity index (χ0) is 13.9. The maximum absolute atomic E-state index is 12.5. The molecule has 2 heterocycles. The molecule has 100 valence electrons. The summed E-state index contributed by atoms with van der Waals surface area (Å²) in [4.78, 5) is 21.2. The van der Waals surface area contributed by atoms with Crippen molar-refractivity contribution >= 4 is 22.7 Å². The summed E-state index contributed by atoms with van der Waals surface area (Å²) in [5.41, 5.74) is 0.741. The molecule has 2 aromatic heterocycles. The quantitative estimate of drug-likeness (QED) is 0.693. The van der Waals surface area contributed by atoms with Crippen LogP contribution in [0.15, 0.2) is 58.5 Å². The molecular weight excluding hydrogens is 270 g/mol. The van der Waals surface area contributed by atoms with E-state index in [4.69, 9.17) is 0 Å². The van der Waals surface area contributed by atoms with Crippen LogP contribution in [-0.4, -0.2) is 14.5 Å². The monoisotopic (exact) mass is 283 g/mol. The third-order valence-electron chi connectivity index (χ3n) is 3.03. The van der Waals surface area contributed by atoms with Gasteiger partial charge in [0.05, 0.1) is 21.8 Å². The summed E-state index contributed by atoms with van der Waals surface area (Å²) in [6, 6.07) is 13.2. The highest BCUT2D eigenvalue weighted by molar-refractivity contribution is 7.98. The first-order chi connectivity index (χ1) is 9.75. The summed E-state index contributed by atoms with van der Waals surface area (Å²) in [7, 11) is 0. The fourth-order valence-electron chi connectivity index (χ4n) is 1.99. The molecule has 0 saturated heterocycles. The van der Waals surface area contributed by atoms with E-state index in [2.05, 4.69) is 9.97 Å². The van der Waals surface area contributed by atoms with Crippen LogP contribution in [0.3, 0.4) is 0 Å². The molecule has 0 fully saturated rings. The number of pyridine rings is 1. The van der Waals surface area contributed by atoms with Crippen molar-refractivity contribution in [3.63, 3.8) is 0 Å². The minimum atomic E-state index is -0.00321. The summed E-state index contributed by atoms with van der Waals surface area (Å²) in [6.45, 7) is 1.85. The molecule has 0 amide bonds. The molecule has 0 N–H and O–H groups in total. The van der Waals surface area contributed by atoms with E-state index >= 15 is 0 Å². The first-order valence-corrected chi connectivity index (χ1v) is 7.24. The molecule has 0 spiro atoms. The van der Waals surface area contributed by atoms with Gasteiger partial charge in [0.2, 0.25) is 0 Å². The van der Waals surface area contributed by atoms with Crippen molar-refractivity contribution in [1.29, 1.82) is 0 Å². The lowest BCUT2D eigenvalue weighted by molar-refractivity contribution is 0.775. The van der Waals surface area contributed by atoms with Crippen LogP contribution < -0.4 is 5.56 Å². The van der Waals surface area contributed by atoms with Gasteiger partial charge in [-0.15, -0.1) is 0 Å². The number of nitrogens with zero attached hydrogens (tertiary/aromatic N) is 3. The molecule has 0 unspecified atom stereocenters. The number of hydrogen-bond acceptors (Lipinski definition) is 4. The Hall–Kier alpha value is -2.14. The Balaban J connectivity index is 1.97. The van der Waals surface area contributed by atoms with E-state index in [1.165, 1.54) is 11.8 Å². The summed E-state index contributed by atoms with van der Waals surface area (Å²) >= 11 is 1.52. The normalized spacial score (nSPS) is 10.8. The van der Waals surface area contributed by atoms with Gasteiger partial charge in [0, 0.05) is 6.20 Å². The van der Waals surface area contributed by atoms with E-state index in [0.717, 1.165) is 16.4 Å². The van der Waals surface area contributed by atoms with Gasteiger partial charge in [-0.3, -0.25) is 9.36 Å². The Morgan fingerprint density at radius 3 is 2.75 bits per heavy atom. The van der Waals surface area contributed by atoms with Gasteiger partial charge in [-0.25, -0.2) is 9.97 Å². The van der Waals surface area contributed by atoms with Gasteiger partial charge in [-0.2, -0.15) is 0 Å². The molecule has 0 aliphatic carbocycles. The number of aromatic nitrogens is 3. The number of fused-ring (bicyclic) bond motifs is 1. The van der Waals surface area contributed by atoms with Gasteiger partial charge in [-0.1, -0.05) is 30.0 Å². The second-order valence-electron chi connectivity index (χ2n) is 4.35. The Bertz CT molecular complexity index is 799. The molecule has 0 bridgehead atoms. The molecule has 4 nitrogen and oxygen atoms in total. The fourth-order valence-corrected chi connectivity index (χ4v) is 2.87. The minimum Gasteiger partial charge on any atom is -0.286 e. The molecule has 20 heavy (non-hydrogen) atoms. The molecular formula is C15H13N3OS. The highest BCUT2D eigenvalue weighted by atomic mass is 32.2. The number of rotatable bonds is 3. The van der Waals surface area contributed by atoms with Crippen LogP contribution in [0.5, 0.6) is 0 Å². The zero-order valence-corrected chi connectivity index (χ0v) is 11.8. The van der Waals surface area contributed by atoms with Crippen LogP contribution in [0.2, 0.25) is 0 Å². The first kappa shape index (κ1) is 12.9. The van der Waals surface area contributed by atoms with Crippen molar-refractivity contribution < 1.29 is 0 Å². The molecule has 3 aromatic rings. The summed E-state index contributed by atoms with van der Waals surface area (Å²) in [5.74, 6) is 1.23. The lowest BCUT2D eigenvalue weighted by atomic mass is 10.2. The average Bonchev–Trinajstić information content (AvgIpc) is 2.48. The number of thioether (sulfide) groups is 1. The first-order valence-electron chi connectivity index (χ1n) is 6.26. The maximum Gasteiger partial charge on any atom is 0.262 e. The second kappa shape index (κ2) is 5.46. The number of aryl methyl sites for hydroxylation is 1. The topological polar surface area (TPSA) is 47.8 Å². The Morgan fingerprint density at radius 1 is 1.15 bits per heavy atom. The van der Waals surface area contributed by atoms with E-state index < -0.39 is 0 Å². The van der Waals surface area contributed by atoms with Gasteiger partial charge in [0.1, 0.15) is 5.82 Å². The number of benzene rings is 1. The zero-order valence-electron chi connectivity index (χ0n) is 11.0. The van der Waals surface area contributed by atoms with Crippen LogP contribution in [0.25, 0.3) is 10.9 Å². The molecule has 0 aliphatic rings. The van der Waals surface area contributed by atoms with Crippen molar-refractivity contribution in [2.24, 2.45) is 0 Å².